The molecule has 0 aliphatic carbocycles. The molecule has 1 amide bonds. The maximum Gasteiger partial charge on any atom is 0.255 e. The Morgan fingerprint density at radius 3 is 2.08 bits per heavy atom. The number of hydrogen-bond donors (Lipinski definition) is 1. The van der Waals surface area contributed by atoms with Gasteiger partial charge in [-0.25, -0.2) is 12.7 Å². The molecule has 2 aromatic carbocycles. The number of nitrogens with one attached hydrogen (secondary N) is 1. The van der Waals surface area contributed by atoms with E-state index in [9.17, 15) is 13.2 Å². The van der Waals surface area contributed by atoms with Crippen LogP contribution in [0.4, 0.5) is 5.69 Å². The zero-order valence-corrected chi connectivity index (χ0v) is 15.3. The lowest BCUT2D eigenvalue weighted by molar-refractivity contribution is 0.102. The SMILES string of the molecule is COc1ccc(C(=O)Nc2ccc(S(=O)(=O)N(C)C)cc2)cc1OC. The van der Waals surface area contributed by atoms with Gasteiger partial charge in [0.05, 0.1) is 19.1 Å². The molecular weight excluding hydrogens is 344 g/mol. The summed E-state index contributed by atoms with van der Waals surface area (Å²) < 4.78 is 35.5. The molecule has 1 N–H and O–H groups in total. The van der Waals surface area contributed by atoms with Crippen LogP contribution < -0.4 is 14.8 Å². The van der Waals surface area contributed by atoms with Gasteiger partial charge in [-0.15, -0.1) is 0 Å². The molecule has 2 aromatic rings. The lowest BCUT2D eigenvalue weighted by Gasteiger charge is -2.12. The van der Waals surface area contributed by atoms with E-state index in [1.54, 1.807) is 18.2 Å². The summed E-state index contributed by atoms with van der Waals surface area (Å²) in [5.41, 5.74) is 0.875. The molecule has 8 heteroatoms. The highest BCUT2D eigenvalue weighted by Crippen LogP contribution is 2.28. The van der Waals surface area contributed by atoms with Crippen LogP contribution in [0, 0.1) is 0 Å². The van der Waals surface area contributed by atoms with Gasteiger partial charge in [0.15, 0.2) is 11.5 Å². The first-order chi connectivity index (χ1) is 11.8. The minimum Gasteiger partial charge on any atom is -0.493 e. The molecule has 134 valence electrons. The molecule has 0 fully saturated rings. The molecule has 0 aromatic heterocycles. The molecule has 7 nitrogen and oxygen atoms in total. The molecule has 25 heavy (non-hydrogen) atoms. The molecule has 0 spiro atoms. The summed E-state index contributed by atoms with van der Waals surface area (Å²) in [6.45, 7) is 0. The third-order valence-electron chi connectivity index (χ3n) is 3.54. The Balaban J connectivity index is 2.19. The van der Waals surface area contributed by atoms with E-state index in [2.05, 4.69) is 5.32 Å². The van der Waals surface area contributed by atoms with Gasteiger partial charge in [-0.2, -0.15) is 0 Å². The first kappa shape index (κ1) is 18.8. The van der Waals surface area contributed by atoms with Crippen molar-refractivity contribution in [1.82, 2.24) is 4.31 Å². The summed E-state index contributed by atoms with van der Waals surface area (Å²) in [4.78, 5) is 12.5. The molecule has 0 radical (unpaired) electrons. The minimum absolute atomic E-state index is 0.154. The Kier molecular flexibility index (Phi) is 5.66. The van der Waals surface area contributed by atoms with Crippen LogP contribution in [0.15, 0.2) is 47.4 Å². The van der Waals surface area contributed by atoms with E-state index in [1.807, 2.05) is 0 Å². The third kappa shape index (κ3) is 4.09. The second-order valence-corrected chi connectivity index (χ2v) is 7.49. The van der Waals surface area contributed by atoms with Crippen LogP contribution in [0.25, 0.3) is 0 Å². The Labute approximate surface area is 147 Å². The lowest BCUT2D eigenvalue weighted by Crippen LogP contribution is -2.22. The summed E-state index contributed by atoms with van der Waals surface area (Å²) in [6, 6.07) is 10.8. The predicted molar refractivity (Wildman–Crippen MR) is 94.8 cm³/mol. The van der Waals surface area contributed by atoms with E-state index >= 15 is 0 Å². The Bertz CT molecular complexity index is 861. The van der Waals surface area contributed by atoms with E-state index in [-0.39, 0.29) is 10.8 Å². The van der Waals surface area contributed by atoms with E-state index in [4.69, 9.17) is 9.47 Å². The number of carbonyl (C=O) groups is 1. The molecule has 2 rings (SSSR count). The van der Waals surface area contributed by atoms with Crippen LogP contribution in [-0.2, 0) is 10.0 Å². The maximum absolute atomic E-state index is 12.3. The molecule has 0 heterocycles. The summed E-state index contributed by atoms with van der Waals surface area (Å²) in [6.07, 6.45) is 0. The summed E-state index contributed by atoms with van der Waals surface area (Å²) in [5, 5.41) is 2.71. The number of hydrogen-bond acceptors (Lipinski definition) is 5. The van der Waals surface area contributed by atoms with Crippen LogP contribution in [0.1, 0.15) is 10.4 Å². The highest BCUT2D eigenvalue weighted by molar-refractivity contribution is 7.89. The molecule has 0 saturated carbocycles. The van der Waals surface area contributed by atoms with Gasteiger partial charge < -0.3 is 14.8 Å². The quantitative estimate of drug-likeness (QED) is 0.849. The van der Waals surface area contributed by atoms with Crippen LogP contribution in [-0.4, -0.2) is 46.9 Å². The molecule has 0 atom stereocenters. The zero-order valence-electron chi connectivity index (χ0n) is 14.4. The summed E-state index contributed by atoms with van der Waals surface area (Å²) in [5.74, 6) is 0.629. The van der Waals surface area contributed by atoms with Gasteiger partial charge in [0, 0.05) is 25.3 Å². The van der Waals surface area contributed by atoms with Crippen LogP contribution >= 0.6 is 0 Å². The van der Waals surface area contributed by atoms with Crippen molar-refractivity contribution in [2.75, 3.05) is 33.6 Å². The standard InChI is InChI=1S/C17H20N2O5S/c1-19(2)25(21,22)14-8-6-13(7-9-14)18-17(20)12-5-10-15(23-3)16(11-12)24-4/h5-11H,1-4H3,(H,18,20). The molecule has 0 aliphatic rings. The average Bonchev–Trinajstić information content (AvgIpc) is 2.61. The smallest absolute Gasteiger partial charge is 0.255 e. The topological polar surface area (TPSA) is 84.9 Å². The first-order valence-electron chi connectivity index (χ1n) is 7.35. The monoisotopic (exact) mass is 364 g/mol. The van der Waals surface area contributed by atoms with Crippen molar-refractivity contribution in [3.05, 3.63) is 48.0 Å². The van der Waals surface area contributed by atoms with Gasteiger partial charge in [0.25, 0.3) is 5.91 Å². The molecule has 0 aliphatic heterocycles. The van der Waals surface area contributed by atoms with Crippen molar-refractivity contribution in [2.24, 2.45) is 0 Å². The van der Waals surface area contributed by atoms with Crippen molar-refractivity contribution < 1.29 is 22.7 Å². The highest BCUT2D eigenvalue weighted by Gasteiger charge is 2.17. The van der Waals surface area contributed by atoms with Gasteiger partial charge in [0.2, 0.25) is 10.0 Å². The number of rotatable bonds is 6. The van der Waals surface area contributed by atoms with Crippen molar-refractivity contribution in [3.63, 3.8) is 0 Å². The lowest BCUT2D eigenvalue weighted by atomic mass is 10.2. The maximum atomic E-state index is 12.3. The van der Waals surface area contributed by atoms with Crippen LogP contribution in [0.3, 0.4) is 0 Å². The van der Waals surface area contributed by atoms with Crippen LogP contribution in [0.2, 0.25) is 0 Å². The Morgan fingerprint density at radius 2 is 1.56 bits per heavy atom. The number of ether oxygens (including phenoxy) is 2. The van der Waals surface area contributed by atoms with Crippen LogP contribution in [0.5, 0.6) is 11.5 Å². The summed E-state index contributed by atoms with van der Waals surface area (Å²) in [7, 11) is 2.42. The van der Waals surface area contributed by atoms with Gasteiger partial charge in [-0.05, 0) is 42.5 Å². The first-order valence-corrected chi connectivity index (χ1v) is 8.79. The molecule has 0 unspecified atom stereocenters. The van der Waals surface area contributed by atoms with E-state index in [0.717, 1.165) is 4.31 Å². The van der Waals surface area contributed by atoms with Gasteiger partial charge in [-0.1, -0.05) is 0 Å². The van der Waals surface area contributed by atoms with Crippen molar-refractivity contribution >= 4 is 21.6 Å². The number of anilines is 1. The van der Waals surface area contributed by atoms with E-state index < -0.39 is 10.0 Å². The molecular formula is C17H20N2O5S. The van der Waals surface area contributed by atoms with Crippen molar-refractivity contribution in [3.8, 4) is 11.5 Å². The molecule has 0 bridgehead atoms. The fourth-order valence-corrected chi connectivity index (χ4v) is 3.00. The number of carbonyl (C=O) groups excluding carboxylic acids is 1. The zero-order chi connectivity index (χ0) is 18.6. The van der Waals surface area contributed by atoms with Gasteiger partial charge in [0.1, 0.15) is 0 Å². The Morgan fingerprint density at radius 1 is 0.960 bits per heavy atom. The van der Waals surface area contributed by atoms with Gasteiger partial charge >= 0.3 is 0 Å². The van der Waals surface area contributed by atoms with Crippen molar-refractivity contribution in [1.29, 1.82) is 0 Å². The second-order valence-electron chi connectivity index (χ2n) is 5.34. The third-order valence-corrected chi connectivity index (χ3v) is 5.37. The largest absolute Gasteiger partial charge is 0.493 e. The van der Waals surface area contributed by atoms with E-state index in [1.165, 1.54) is 52.6 Å². The van der Waals surface area contributed by atoms with Crippen molar-refractivity contribution in [2.45, 2.75) is 4.90 Å². The number of benzene rings is 2. The average molecular weight is 364 g/mol. The fourth-order valence-electron chi connectivity index (χ4n) is 2.10. The number of amides is 1. The number of sulfonamides is 1. The van der Waals surface area contributed by atoms with E-state index in [0.29, 0.717) is 22.7 Å². The Hall–Kier alpha value is -2.58. The summed E-state index contributed by atoms with van der Waals surface area (Å²) >= 11 is 0. The highest BCUT2D eigenvalue weighted by atomic mass is 32.2. The van der Waals surface area contributed by atoms with Gasteiger partial charge in [-0.3, -0.25) is 4.79 Å². The fraction of sp³-hybridized carbons (Fsp3) is 0.235. The second kappa shape index (κ2) is 7.54. The minimum atomic E-state index is -3.50. The molecule has 0 saturated heterocycles. The normalized spacial score (nSPS) is 11.2. The number of nitrogens with zero attached hydrogens (tertiary/aromatic N) is 1. The number of methoxy groups -OCH3 is 2. The predicted octanol–water partition coefficient (Wildman–Crippen LogP) is 2.21.